The van der Waals surface area contributed by atoms with E-state index in [0.717, 1.165) is 31.5 Å². The highest BCUT2D eigenvalue weighted by Gasteiger charge is 2.15. The molecule has 2 aromatic rings. The number of aromatic nitrogens is 2. The van der Waals surface area contributed by atoms with Gasteiger partial charge < -0.3 is 10.1 Å². The van der Waals surface area contributed by atoms with Crippen molar-refractivity contribution in [3.63, 3.8) is 0 Å². The molecular weight excluding hydrogens is 282 g/mol. The minimum atomic E-state index is 0.301. The zero-order valence-electron chi connectivity index (χ0n) is 12.9. The monoisotopic (exact) mass is 305 g/mol. The van der Waals surface area contributed by atoms with Crippen molar-refractivity contribution >= 4 is 11.3 Å². The minimum Gasteiger partial charge on any atom is -0.481 e. The van der Waals surface area contributed by atoms with Crippen LogP contribution in [-0.4, -0.2) is 23.6 Å². The second kappa shape index (κ2) is 8.10. The van der Waals surface area contributed by atoms with Gasteiger partial charge in [-0.1, -0.05) is 13.8 Å². The molecule has 21 heavy (non-hydrogen) atoms. The molecule has 2 aromatic heterocycles. The Kier molecular flexibility index (Phi) is 6.14. The molecule has 1 atom stereocenters. The average Bonchev–Trinajstić information content (AvgIpc) is 3.00. The minimum absolute atomic E-state index is 0.301. The van der Waals surface area contributed by atoms with Gasteiger partial charge in [-0.05, 0) is 31.5 Å². The molecule has 0 spiro atoms. The molecule has 0 saturated carbocycles. The lowest BCUT2D eigenvalue weighted by Gasteiger charge is -2.17. The van der Waals surface area contributed by atoms with Crippen molar-refractivity contribution in [3.05, 3.63) is 40.0 Å². The highest BCUT2D eigenvalue weighted by molar-refractivity contribution is 7.12. The molecule has 2 heterocycles. The first-order valence-electron chi connectivity index (χ1n) is 7.43. The van der Waals surface area contributed by atoms with Gasteiger partial charge in [0.15, 0.2) is 0 Å². The van der Waals surface area contributed by atoms with E-state index < -0.39 is 0 Å². The van der Waals surface area contributed by atoms with Crippen molar-refractivity contribution in [2.45, 2.75) is 39.2 Å². The zero-order chi connectivity index (χ0) is 15.1. The van der Waals surface area contributed by atoms with Crippen LogP contribution in [0.1, 0.15) is 41.8 Å². The van der Waals surface area contributed by atoms with Crippen molar-refractivity contribution in [2.75, 3.05) is 13.7 Å². The van der Waals surface area contributed by atoms with Crippen LogP contribution in [0.25, 0.3) is 0 Å². The summed E-state index contributed by atoms with van der Waals surface area (Å²) in [5.74, 6) is 0.620. The third-order valence-corrected chi connectivity index (χ3v) is 4.68. The van der Waals surface area contributed by atoms with Crippen LogP contribution in [0.3, 0.4) is 0 Å². The van der Waals surface area contributed by atoms with E-state index >= 15 is 0 Å². The van der Waals surface area contributed by atoms with Gasteiger partial charge in [-0.2, -0.15) is 0 Å². The summed E-state index contributed by atoms with van der Waals surface area (Å²) < 4.78 is 5.18. The van der Waals surface area contributed by atoms with Crippen LogP contribution in [0.4, 0.5) is 0 Å². The highest BCUT2D eigenvalue weighted by Crippen LogP contribution is 2.26. The summed E-state index contributed by atoms with van der Waals surface area (Å²) in [6.07, 6.45) is 4.63. The largest absolute Gasteiger partial charge is 0.481 e. The van der Waals surface area contributed by atoms with Crippen LogP contribution in [0.5, 0.6) is 5.88 Å². The lowest BCUT2D eigenvalue weighted by atomic mass is 10.1. The SMILES string of the molecule is CCCNC(Cc1cc(OC)ncn1)c1ccc(CC)s1. The van der Waals surface area contributed by atoms with Crippen molar-refractivity contribution in [2.24, 2.45) is 0 Å². The Bertz CT molecular complexity index is 556. The fourth-order valence-electron chi connectivity index (χ4n) is 2.17. The van der Waals surface area contributed by atoms with Gasteiger partial charge in [-0.3, -0.25) is 0 Å². The number of nitrogens with zero attached hydrogens (tertiary/aromatic N) is 2. The summed E-state index contributed by atoms with van der Waals surface area (Å²) in [6.45, 7) is 5.38. The molecule has 0 bridgehead atoms. The van der Waals surface area contributed by atoms with E-state index in [9.17, 15) is 0 Å². The first kappa shape index (κ1) is 15.9. The van der Waals surface area contributed by atoms with Gasteiger partial charge in [0.05, 0.1) is 7.11 Å². The maximum absolute atomic E-state index is 5.18. The molecule has 0 radical (unpaired) electrons. The number of rotatable bonds is 8. The summed E-state index contributed by atoms with van der Waals surface area (Å²) in [4.78, 5) is 11.2. The van der Waals surface area contributed by atoms with Crippen LogP contribution in [-0.2, 0) is 12.8 Å². The number of hydrogen-bond acceptors (Lipinski definition) is 5. The number of aryl methyl sites for hydroxylation is 1. The normalized spacial score (nSPS) is 12.3. The van der Waals surface area contributed by atoms with E-state index in [1.807, 2.05) is 17.4 Å². The predicted molar refractivity (Wildman–Crippen MR) is 87.0 cm³/mol. The van der Waals surface area contributed by atoms with E-state index in [1.165, 1.54) is 9.75 Å². The maximum Gasteiger partial charge on any atom is 0.216 e. The molecule has 0 aliphatic carbocycles. The van der Waals surface area contributed by atoms with Gasteiger partial charge >= 0.3 is 0 Å². The fraction of sp³-hybridized carbons (Fsp3) is 0.500. The molecule has 0 fully saturated rings. The Balaban J connectivity index is 2.15. The summed E-state index contributed by atoms with van der Waals surface area (Å²) in [5.41, 5.74) is 1.00. The number of methoxy groups -OCH3 is 1. The Morgan fingerprint density at radius 3 is 2.81 bits per heavy atom. The average molecular weight is 305 g/mol. The summed E-state index contributed by atoms with van der Waals surface area (Å²) in [5, 5.41) is 3.62. The number of nitrogens with one attached hydrogen (secondary N) is 1. The third kappa shape index (κ3) is 4.51. The quantitative estimate of drug-likeness (QED) is 0.812. The highest BCUT2D eigenvalue weighted by atomic mass is 32.1. The second-order valence-corrected chi connectivity index (χ2v) is 6.12. The van der Waals surface area contributed by atoms with Gasteiger partial charge in [0.2, 0.25) is 5.88 Å². The number of thiophene rings is 1. The lowest BCUT2D eigenvalue weighted by molar-refractivity contribution is 0.395. The standard InChI is InChI=1S/C16H23N3OS/c1-4-8-17-14(15-7-6-13(5-2)21-15)9-12-10-16(20-3)19-11-18-12/h6-7,10-11,14,17H,4-5,8-9H2,1-3H3. The van der Waals surface area contributed by atoms with Crippen LogP contribution >= 0.6 is 11.3 Å². The third-order valence-electron chi connectivity index (χ3n) is 3.34. The van der Waals surface area contributed by atoms with Gasteiger partial charge in [0.1, 0.15) is 6.33 Å². The van der Waals surface area contributed by atoms with Crippen molar-refractivity contribution < 1.29 is 4.74 Å². The molecule has 114 valence electrons. The van der Waals surface area contributed by atoms with E-state index in [0.29, 0.717) is 11.9 Å². The molecular formula is C16H23N3OS. The summed E-state index contributed by atoms with van der Waals surface area (Å²) >= 11 is 1.88. The summed E-state index contributed by atoms with van der Waals surface area (Å²) in [7, 11) is 1.63. The Labute approximate surface area is 130 Å². The van der Waals surface area contributed by atoms with Gasteiger partial charge in [-0.15, -0.1) is 11.3 Å². The Morgan fingerprint density at radius 1 is 1.29 bits per heavy atom. The molecule has 0 aromatic carbocycles. The van der Waals surface area contributed by atoms with E-state index in [-0.39, 0.29) is 0 Å². The van der Waals surface area contributed by atoms with Crippen molar-refractivity contribution in [1.29, 1.82) is 0 Å². The zero-order valence-corrected chi connectivity index (χ0v) is 13.7. The van der Waals surface area contributed by atoms with Crippen molar-refractivity contribution in [3.8, 4) is 5.88 Å². The van der Waals surface area contributed by atoms with E-state index in [2.05, 4.69) is 41.3 Å². The van der Waals surface area contributed by atoms with E-state index in [1.54, 1.807) is 13.4 Å². The molecule has 0 aliphatic rings. The lowest BCUT2D eigenvalue weighted by Crippen LogP contribution is -2.23. The van der Waals surface area contributed by atoms with E-state index in [4.69, 9.17) is 4.74 Å². The maximum atomic E-state index is 5.18. The molecule has 5 heteroatoms. The number of ether oxygens (including phenoxy) is 1. The fourth-order valence-corrected chi connectivity index (χ4v) is 3.20. The topological polar surface area (TPSA) is 47.0 Å². The van der Waals surface area contributed by atoms with Gasteiger partial charge in [-0.25, -0.2) is 9.97 Å². The van der Waals surface area contributed by atoms with Crippen LogP contribution in [0, 0.1) is 0 Å². The predicted octanol–water partition coefficient (Wildman–Crippen LogP) is 3.39. The Hall–Kier alpha value is -1.46. The molecule has 2 rings (SSSR count). The van der Waals surface area contributed by atoms with Gasteiger partial charge in [0, 0.05) is 34.0 Å². The molecule has 0 amide bonds. The first-order chi connectivity index (χ1) is 10.3. The van der Waals surface area contributed by atoms with Crippen LogP contribution in [0.15, 0.2) is 24.5 Å². The molecule has 1 N–H and O–H groups in total. The molecule has 0 saturated heterocycles. The van der Waals surface area contributed by atoms with Crippen LogP contribution < -0.4 is 10.1 Å². The second-order valence-electron chi connectivity index (χ2n) is 4.92. The molecule has 0 aliphatic heterocycles. The Morgan fingerprint density at radius 2 is 2.14 bits per heavy atom. The van der Waals surface area contributed by atoms with Gasteiger partial charge in [0.25, 0.3) is 0 Å². The smallest absolute Gasteiger partial charge is 0.216 e. The van der Waals surface area contributed by atoms with Crippen LogP contribution in [0.2, 0.25) is 0 Å². The first-order valence-corrected chi connectivity index (χ1v) is 8.25. The molecule has 4 nitrogen and oxygen atoms in total. The number of hydrogen-bond donors (Lipinski definition) is 1. The molecule has 1 unspecified atom stereocenters. The van der Waals surface area contributed by atoms with Crippen molar-refractivity contribution in [1.82, 2.24) is 15.3 Å². The summed E-state index contributed by atoms with van der Waals surface area (Å²) in [6, 6.07) is 6.67.